The fourth-order valence-electron chi connectivity index (χ4n) is 4.66. The number of hydrogen-bond donors (Lipinski definition) is 0. The fourth-order valence-corrected chi connectivity index (χ4v) is 6.82. The van der Waals surface area contributed by atoms with Gasteiger partial charge in [0.15, 0.2) is 0 Å². The second-order valence-electron chi connectivity index (χ2n) is 7.94. The van der Waals surface area contributed by atoms with Crippen LogP contribution in [0.5, 0.6) is 5.19 Å². The van der Waals surface area contributed by atoms with Gasteiger partial charge in [-0.25, -0.2) is 4.98 Å². The van der Waals surface area contributed by atoms with Crippen LogP contribution in [0.3, 0.4) is 0 Å². The average Bonchev–Trinajstić information content (AvgIpc) is 3.49. The first kappa shape index (κ1) is 19.3. The molecule has 1 aromatic carbocycles. The number of thiazole rings is 1. The molecule has 0 spiro atoms. The molecule has 0 unspecified atom stereocenters. The Morgan fingerprint density at radius 3 is 2.66 bits per heavy atom. The SMILES string of the molecule is O=C(N1CCC(Oc2nc3c(Cl)cccc3s2)CC1)C1(c2cccs2)CCCC1. The van der Waals surface area contributed by atoms with Crippen molar-refractivity contribution in [2.75, 3.05) is 13.1 Å². The molecule has 152 valence electrons. The van der Waals surface area contributed by atoms with Crippen molar-refractivity contribution in [2.45, 2.75) is 50.0 Å². The zero-order chi connectivity index (χ0) is 19.8. The number of aromatic nitrogens is 1. The van der Waals surface area contributed by atoms with Gasteiger partial charge in [0.2, 0.25) is 5.91 Å². The van der Waals surface area contributed by atoms with E-state index in [1.54, 1.807) is 11.3 Å². The lowest BCUT2D eigenvalue weighted by molar-refractivity contribution is -0.139. The van der Waals surface area contributed by atoms with E-state index in [1.165, 1.54) is 16.2 Å². The largest absolute Gasteiger partial charge is 0.467 e. The number of ether oxygens (including phenoxy) is 1. The van der Waals surface area contributed by atoms with Gasteiger partial charge in [0.25, 0.3) is 5.19 Å². The number of benzene rings is 1. The van der Waals surface area contributed by atoms with Gasteiger partial charge in [0, 0.05) is 30.8 Å². The first-order valence-electron chi connectivity index (χ1n) is 10.2. The van der Waals surface area contributed by atoms with Gasteiger partial charge in [-0.1, -0.05) is 47.9 Å². The molecule has 7 heteroatoms. The molecule has 0 radical (unpaired) electrons. The second kappa shape index (κ2) is 7.89. The molecule has 3 heterocycles. The third-order valence-corrected chi connectivity index (χ3v) is 8.50. The highest BCUT2D eigenvalue weighted by Gasteiger charge is 2.46. The van der Waals surface area contributed by atoms with E-state index in [0.717, 1.165) is 61.8 Å². The topological polar surface area (TPSA) is 42.4 Å². The fraction of sp³-hybridized carbons (Fsp3) is 0.455. The molecular weight excluding hydrogens is 424 g/mol. The third-order valence-electron chi connectivity index (χ3n) is 6.21. The number of carbonyl (C=O) groups excluding carboxylic acids is 1. The van der Waals surface area contributed by atoms with E-state index in [0.29, 0.717) is 16.1 Å². The van der Waals surface area contributed by atoms with Crippen LogP contribution in [0, 0.1) is 0 Å². The molecule has 3 aromatic rings. The molecular formula is C22H23ClN2O2S2. The Morgan fingerprint density at radius 2 is 1.97 bits per heavy atom. The Labute approximate surface area is 183 Å². The summed E-state index contributed by atoms with van der Waals surface area (Å²) in [5, 5.41) is 3.42. The van der Waals surface area contributed by atoms with Crippen LogP contribution in [-0.2, 0) is 10.2 Å². The van der Waals surface area contributed by atoms with Gasteiger partial charge in [-0.3, -0.25) is 4.79 Å². The van der Waals surface area contributed by atoms with E-state index in [-0.39, 0.29) is 11.5 Å². The van der Waals surface area contributed by atoms with Crippen molar-refractivity contribution >= 4 is 50.4 Å². The van der Waals surface area contributed by atoms with Crippen LogP contribution < -0.4 is 4.74 Å². The van der Waals surface area contributed by atoms with Crippen molar-refractivity contribution in [1.29, 1.82) is 0 Å². The number of carbonyl (C=O) groups is 1. The highest BCUT2D eigenvalue weighted by Crippen LogP contribution is 2.45. The maximum absolute atomic E-state index is 13.5. The summed E-state index contributed by atoms with van der Waals surface area (Å²) < 4.78 is 7.20. The summed E-state index contributed by atoms with van der Waals surface area (Å²) in [6.07, 6.45) is 6.03. The number of piperidine rings is 1. The summed E-state index contributed by atoms with van der Waals surface area (Å²) in [4.78, 5) is 21.4. The van der Waals surface area contributed by atoms with Crippen molar-refractivity contribution in [3.8, 4) is 5.19 Å². The van der Waals surface area contributed by atoms with Gasteiger partial charge in [-0.2, -0.15) is 0 Å². The third kappa shape index (κ3) is 3.56. The molecule has 0 N–H and O–H groups in total. The van der Waals surface area contributed by atoms with Crippen molar-refractivity contribution in [3.05, 3.63) is 45.6 Å². The number of thiophene rings is 1. The summed E-state index contributed by atoms with van der Waals surface area (Å²) in [6, 6.07) is 10.0. The van der Waals surface area contributed by atoms with Gasteiger partial charge in [-0.05, 0) is 36.4 Å². The van der Waals surface area contributed by atoms with Gasteiger partial charge in [0.1, 0.15) is 11.6 Å². The van der Waals surface area contributed by atoms with Crippen molar-refractivity contribution in [1.82, 2.24) is 9.88 Å². The van der Waals surface area contributed by atoms with Crippen molar-refractivity contribution in [3.63, 3.8) is 0 Å². The molecule has 5 rings (SSSR count). The van der Waals surface area contributed by atoms with E-state index in [1.807, 2.05) is 18.2 Å². The molecule has 0 bridgehead atoms. The molecule has 2 aliphatic rings. The molecule has 4 nitrogen and oxygen atoms in total. The zero-order valence-electron chi connectivity index (χ0n) is 16.1. The van der Waals surface area contributed by atoms with Gasteiger partial charge in [-0.15, -0.1) is 11.3 Å². The number of fused-ring (bicyclic) bond motifs is 1. The van der Waals surface area contributed by atoms with Crippen LogP contribution in [0.15, 0.2) is 35.7 Å². The van der Waals surface area contributed by atoms with Gasteiger partial charge >= 0.3 is 0 Å². The van der Waals surface area contributed by atoms with Gasteiger partial charge in [0.05, 0.1) is 15.1 Å². The summed E-state index contributed by atoms with van der Waals surface area (Å²) in [5.74, 6) is 0.322. The lowest BCUT2D eigenvalue weighted by Crippen LogP contribution is -2.49. The Balaban J connectivity index is 1.25. The first-order valence-corrected chi connectivity index (χ1v) is 12.3. The summed E-state index contributed by atoms with van der Waals surface area (Å²) in [7, 11) is 0. The van der Waals surface area contributed by atoms with Gasteiger partial charge < -0.3 is 9.64 Å². The maximum atomic E-state index is 13.5. The smallest absolute Gasteiger partial charge is 0.274 e. The average molecular weight is 447 g/mol. The van der Waals surface area contributed by atoms with E-state index < -0.39 is 0 Å². The summed E-state index contributed by atoms with van der Waals surface area (Å²) in [5.41, 5.74) is 0.520. The molecule has 2 fully saturated rings. The number of likely N-dealkylation sites (tertiary alicyclic amines) is 1. The Hall–Kier alpha value is -1.63. The number of halogens is 1. The summed E-state index contributed by atoms with van der Waals surface area (Å²) in [6.45, 7) is 1.50. The molecule has 1 saturated heterocycles. The standard InChI is InChI=1S/C22H23ClN2O2S2/c23-16-5-3-6-17-19(16)24-21(29-17)27-15-8-12-25(13-9-15)20(26)22(10-1-2-11-22)18-7-4-14-28-18/h3-7,14-15H,1-2,8-13H2. The Bertz CT molecular complexity index is 1000. The predicted molar refractivity (Wildman–Crippen MR) is 119 cm³/mol. The van der Waals surface area contributed by atoms with Crippen LogP contribution >= 0.6 is 34.3 Å². The molecule has 1 aliphatic heterocycles. The molecule has 29 heavy (non-hydrogen) atoms. The monoisotopic (exact) mass is 446 g/mol. The van der Waals surface area contributed by atoms with Crippen LogP contribution in [0.2, 0.25) is 5.02 Å². The normalized spacial score (nSPS) is 19.7. The zero-order valence-corrected chi connectivity index (χ0v) is 18.5. The predicted octanol–water partition coefficient (Wildman–Crippen LogP) is 5.89. The van der Waals surface area contributed by atoms with E-state index >= 15 is 0 Å². The van der Waals surface area contributed by atoms with Crippen molar-refractivity contribution < 1.29 is 9.53 Å². The molecule has 1 aliphatic carbocycles. The highest BCUT2D eigenvalue weighted by molar-refractivity contribution is 7.20. The number of para-hydroxylation sites is 1. The Morgan fingerprint density at radius 1 is 1.17 bits per heavy atom. The lowest BCUT2D eigenvalue weighted by atomic mass is 9.82. The van der Waals surface area contributed by atoms with E-state index in [9.17, 15) is 4.79 Å². The van der Waals surface area contributed by atoms with Crippen LogP contribution in [0.1, 0.15) is 43.4 Å². The minimum absolute atomic E-state index is 0.0969. The Kier molecular flexibility index (Phi) is 5.26. The maximum Gasteiger partial charge on any atom is 0.274 e. The number of rotatable bonds is 4. The lowest BCUT2D eigenvalue weighted by Gasteiger charge is -2.38. The molecule has 0 atom stereocenters. The van der Waals surface area contributed by atoms with E-state index in [4.69, 9.17) is 16.3 Å². The summed E-state index contributed by atoms with van der Waals surface area (Å²) >= 11 is 9.49. The van der Waals surface area contributed by atoms with Crippen LogP contribution in [0.25, 0.3) is 10.2 Å². The minimum atomic E-state index is -0.286. The number of nitrogens with zero attached hydrogens (tertiary/aromatic N) is 2. The van der Waals surface area contributed by atoms with Crippen LogP contribution in [0.4, 0.5) is 0 Å². The number of hydrogen-bond acceptors (Lipinski definition) is 5. The van der Waals surface area contributed by atoms with Crippen LogP contribution in [-0.4, -0.2) is 35.0 Å². The van der Waals surface area contributed by atoms with Crippen molar-refractivity contribution in [2.24, 2.45) is 0 Å². The quantitative estimate of drug-likeness (QED) is 0.501. The minimum Gasteiger partial charge on any atom is -0.467 e. The molecule has 1 amide bonds. The first-order chi connectivity index (χ1) is 14.2. The highest BCUT2D eigenvalue weighted by atomic mass is 35.5. The second-order valence-corrected chi connectivity index (χ2v) is 10.3. The number of amides is 1. The molecule has 1 saturated carbocycles. The molecule has 2 aromatic heterocycles. The van der Waals surface area contributed by atoms with E-state index in [2.05, 4.69) is 27.4 Å².